The van der Waals surface area contributed by atoms with E-state index in [1.54, 1.807) is 6.07 Å². The van der Waals surface area contributed by atoms with E-state index in [0.29, 0.717) is 23.9 Å². The summed E-state index contributed by atoms with van der Waals surface area (Å²) in [7, 11) is -1.25. The average molecular weight is 332 g/mol. The van der Waals surface area contributed by atoms with Gasteiger partial charge in [-0.05, 0) is 31.9 Å². The molecule has 0 saturated carbocycles. The van der Waals surface area contributed by atoms with E-state index >= 15 is 0 Å². The molecule has 0 aliphatic carbocycles. The molecular formula is C15H22ClNO3S. The van der Waals surface area contributed by atoms with Gasteiger partial charge in [0, 0.05) is 29.0 Å². The molecule has 1 aromatic rings. The summed E-state index contributed by atoms with van der Waals surface area (Å²) in [6.07, 6.45) is 0.949. The molecule has 118 valence electrons. The fourth-order valence-electron chi connectivity index (χ4n) is 1.66. The number of ether oxygens (including phenoxy) is 1. The number of benzene rings is 1. The maximum Gasteiger partial charge on any atom is 0.232 e. The van der Waals surface area contributed by atoms with Crippen molar-refractivity contribution >= 4 is 28.3 Å². The molecular weight excluding hydrogens is 310 g/mol. The number of nitrogens with one attached hydrogen (secondary N) is 1. The summed E-state index contributed by atoms with van der Waals surface area (Å²) in [4.78, 5) is 11.6. The number of hydrogen-bond acceptors (Lipinski definition) is 3. The van der Waals surface area contributed by atoms with Crippen LogP contribution in [0.15, 0.2) is 24.3 Å². The van der Waals surface area contributed by atoms with Crippen LogP contribution in [0, 0.1) is 0 Å². The molecule has 0 aliphatic rings. The summed E-state index contributed by atoms with van der Waals surface area (Å²) >= 11 is 6.00. The second kappa shape index (κ2) is 9.92. The third kappa shape index (κ3) is 8.19. The SMILES string of the molecule is CC(C)OCCCNC(=O)C[S@@](=O)Cc1ccccc1Cl. The predicted molar refractivity (Wildman–Crippen MR) is 86.9 cm³/mol. The molecule has 0 aliphatic heterocycles. The van der Waals surface area contributed by atoms with Gasteiger partial charge in [-0.15, -0.1) is 0 Å². The van der Waals surface area contributed by atoms with E-state index in [-0.39, 0.29) is 17.8 Å². The molecule has 1 rings (SSSR count). The maximum atomic E-state index is 11.9. The third-order valence-corrected chi connectivity index (χ3v) is 4.25. The summed E-state index contributed by atoms with van der Waals surface area (Å²) in [5.41, 5.74) is 0.802. The van der Waals surface area contributed by atoms with E-state index < -0.39 is 10.8 Å². The number of carbonyl (C=O) groups excluding carboxylic acids is 1. The number of rotatable bonds is 9. The molecule has 1 amide bonds. The van der Waals surface area contributed by atoms with Crippen molar-refractivity contribution in [2.45, 2.75) is 32.1 Å². The highest BCUT2D eigenvalue weighted by atomic mass is 35.5. The molecule has 6 heteroatoms. The van der Waals surface area contributed by atoms with E-state index in [4.69, 9.17) is 16.3 Å². The molecule has 0 saturated heterocycles. The van der Waals surface area contributed by atoms with Gasteiger partial charge in [0.05, 0.1) is 11.9 Å². The van der Waals surface area contributed by atoms with Gasteiger partial charge in [-0.2, -0.15) is 0 Å². The minimum Gasteiger partial charge on any atom is -0.379 e. The second-order valence-corrected chi connectivity index (χ2v) is 6.81. The lowest BCUT2D eigenvalue weighted by Gasteiger charge is -2.08. The lowest BCUT2D eigenvalue weighted by atomic mass is 10.2. The zero-order valence-electron chi connectivity index (χ0n) is 12.4. The van der Waals surface area contributed by atoms with Crippen molar-refractivity contribution in [2.75, 3.05) is 18.9 Å². The zero-order valence-corrected chi connectivity index (χ0v) is 14.0. The third-order valence-electron chi connectivity index (χ3n) is 2.66. The summed E-state index contributed by atoms with van der Waals surface area (Å²) in [6.45, 7) is 5.09. The Kier molecular flexibility index (Phi) is 8.57. The van der Waals surface area contributed by atoms with Crippen LogP contribution in [-0.2, 0) is 26.1 Å². The molecule has 0 aromatic heterocycles. The van der Waals surface area contributed by atoms with Gasteiger partial charge >= 0.3 is 0 Å². The average Bonchev–Trinajstić information content (AvgIpc) is 2.40. The quantitative estimate of drug-likeness (QED) is 0.707. The smallest absolute Gasteiger partial charge is 0.232 e. The molecule has 0 unspecified atom stereocenters. The highest BCUT2D eigenvalue weighted by Gasteiger charge is 2.10. The standard InChI is InChI=1S/C15H22ClNO3S/c1-12(2)20-9-5-8-17-15(18)11-21(19)10-13-6-3-4-7-14(13)16/h3-4,6-7,12H,5,8-11H2,1-2H3,(H,17,18)/t21-/m0/s1. The van der Waals surface area contributed by atoms with Gasteiger partial charge in [-0.25, -0.2) is 0 Å². The van der Waals surface area contributed by atoms with E-state index in [1.165, 1.54) is 0 Å². The van der Waals surface area contributed by atoms with Crippen LogP contribution < -0.4 is 5.32 Å². The van der Waals surface area contributed by atoms with Crippen LogP contribution in [-0.4, -0.2) is 35.1 Å². The Hall–Kier alpha value is -0.910. The summed E-state index contributed by atoms with van der Waals surface area (Å²) < 4.78 is 17.3. The first-order valence-electron chi connectivity index (χ1n) is 6.95. The van der Waals surface area contributed by atoms with Crippen LogP contribution in [0.3, 0.4) is 0 Å². The fraction of sp³-hybridized carbons (Fsp3) is 0.533. The van der Waals surface area contributed by atoms with Crippen molar-refractivity contribution in [2.24, 2.45) is 0 Å². The van der Waals surface area contributed by atoms with Crippen LogP contribution in [0.25, 0.3) is 0 Å². The van der Waals surface area contributed by atoms with Crippen molar-refractivity contribution in [1.29, 1.82) is 0 Å². The zero-order chi connectivity index (χ0) is 15.7. The molecule has 0 spiro atoms. The van der Waals surface area contributed by atoms with Gasteiger partial charge in [-0.3, -0.25) is 9.00 Å². The lowest BCUT2D eigenvalue weighted by Crippen LogP contribution is -2.30. The van der Waals surface area contributed by atoms with Gasteiger partial charge < -0.3 is 10.1 Å². The van der Waals surface area contributed by atoms with E-state index in [0.717, 1.165) is 12.0 Å². The first-order valence-corrected chi connectivity index (χ1v) is 8.82. The van der Waals surface area contributed by atoms with Crippen LogP contribution in [0.1, 0.15) is 25.8 Å². The fourth-order valence-corrected chi connectivity index (χ4v) is 3.03. The van der Waals surface area contributed by atoms with Crippen molar-refractivity contribution in [3.63, 3.8) is 0 Å². The van der Waals surface area contributed by atoms with Crippen molar-refractivity contribution in [3.8, 4) is 0 Å². The Bertz CT molecular complexity index is 480. The Morgan fingerprint density at radius 2 is 2.10 bits per heavy atom. The highest BCUT2D eigenvalue weighted by Crippen LogP contribution is 2.16. The normalized spacial score (nSPS) is 12.4. The summed E-state index contributed by atoms with van der Waals surface area (Å²) in [5.74, 6) is 0.0877. The second-order valence-electron chi connectivity index (χ2n) is 4.94. The van der Waals surface area contributed by atoms with Gasteiger partial charge in [-0.1, -0.05) is 29.8 Å². The molecule has 21 heavy (non-hydrogen) atoms. The van der Waals surface area contributed by atoms with Crippen molar-refractivity contribution in [3.05, 3.63) is 34.9 Å². The topological polar surface area (TPSA) is 55.4 Å². The Balaban J connectivity index is 2.22. The molecule has 1 aromatic carbocycles. The number of hydrogen-bond donors (Lipinski definition) is 1. The summed E-state index contributed by atoms with van der Waals surface area (Å²) in [5, 5.41) is 3.32. The van der Waals surface area contributed by atoms with Gasteiger partial charge in [0.2, 0.25) is 5.91 Å². The molecule has 4 nitrogen and oxygen atoms in total. The minimum absolute atomic E-state index is 0.00371. The van der Waals surface area contributed by atoms with Gasteiger partial charge in [0.25, 0.3) is 0 Å². The predicted octanol–water partition coefficient (Wildman–Crippen LogP) is 2.52. The number of amides is 1. The minimum atomic E-state index is -1.25. The maximum absolute atomic E-state index is 11.9. The van der Waals surface area contributed by atoms with Crippen LogP contribution in [0.5, 0.6) is 0 Å². The molecule has 0 fully saturated rings. The van der Waals surface area contributed by atoms with Crippen LogP contribution >= 0.6 is 11.6 Å². The van der Waals surface area contributed by atoms with E-state index in [9.17, 15) is 9.00 Å². The van der Waals surface area contributed by atoms with Crippen molar-refractivity contribution in [1.82, 2.24) is 5.32 Å². The first kappa shape index (κ1) is 18.1. The lowest BCUT2D eigenvalue weighted by molar-refractivity contribution is -0.118. The van der Waals surface area contributed by atoms with Crippen LogP contribution in [0.4, 0.5) is 0 Å². The van der Waals surface area contributed by atoms with Gasteiger partial charge in [0.15, 0.2) is 0 Å². The van der Waals surface area contributed by atoms with Crippen LogP contribution in [0.2, 0.25) is 5.02 Å². The Morgan fingerprint density at radius 1 is 1.38 bits per heavy atom. The Morgan fingerprint density at radius 3 is 2.76 bits per heavy atom. The molecule has 1 atom stereocenters. The number of carbonyl (C=O) groups is 1. The molecule has 0 radical (unpaired) electrons. The summed E-state index contributed by atoms with van der Waals surface area (Å²) in [6, 6.07) is 7.23. The number of halogens is 1. The highest BCUT2D eigenvalue weighted by molar-refractivity contribution is 7.84. The molecule has 1 N–H and O–H groups in total. The Labute approximate surface area is 133 Å². The van der Waals surface area contributed by atoms with Gasteiger partial charge in [0.1, 0.15) is 5.75 Å². The van der Waals surface area contributed by atoms with E-state index in [1.807, 2.05) is 32.0 Å². The first-order chi connectivity index (χ1) is 9.99. The monoisotopic (exact) mass is 331 g/mol. The molecule has 0 heterocycles. The van der Waals surface area contributed by atoms with E-state index in [2.05, 4.69) is 5.32 Å². The largest absolute Gasteiger partial charge is 0.379 e. The van der Waals surface area contributed by atoms with Crippen molar-refractivity contribution < 1.29 is 13.7 Å². The molecule has 0 bridgehead atoms.